The first-order chi connectivity index (χ1) is 11.6. The summed E-state index contributed by atoms with van der Waals surface area (Å²) >= 11 is 1.75. The van der Waals surface area contributed by atoms with Gasteiger partial charge in [0.25, 0.3) is 0 Å². The van der Waals surface area contributed by atoms with E-state index < -0.39 is 6.09 Å². The maximum atomic E-state index is 12.6. The molecule has 2 N–H and O–H groups in total. The highest BCUT2D eigenvalue weighted by Crippen LogP contribution is 2.33. The lowest BCUT2D eigenvalue weighted by Gasteiger charge is -2.33. The van der Waals surface area contributed by atoms with Crippen molar-refractivity contribution >= 4 is 34.8 Å². The normalized spacial score (nSPS) is 16.2. The molecule has 0 spiro atoms. The van der Waals surface area contributed by atoms with Crippen LogP contribution in [0.4, 0.5) is 21.0 Å². The van der Waals surface area contributed by atoms with E-state index in [1.54, 1.807) is 35.6 Å². The molecule has 0 bridgehead atoms. The van der Waals surface area contributed by atoms with Crippen LogP contribution in [0.2, 0.25) is 0 Å². The summed E-state index contributed by atoms with van der Waals surface area (Å²) in [5.74, 6) is 0. The van der Waals surface area contributed by atoms with Crippen LogP contribution in [-0.4, -0.2) is 30.7 Å². The Bertz CT molecular complexity index is 759. The number of nitrogens with one attached hydrogen (secondary N) is 2. The molecule has 7 heteroatoms. The standard InChI is InChI=1S/C17H19N3O3S/c1-11-14-7-9-24-15(14)6-8-20(11)16(21)18-12-4-3-5-13(10-12)19-17(22)23-2/h3-5,7,9-11H,6,8H2,1-2H3,(H,18,21)(H,19,22). The zero-order valence-corrected chi connectivity index (χ0v) is 14.4. The number of rotatable bonds is 2. The molecule has 1 aliphatic heterocycles. The van der Waals surface area contributed by atoms with Crippen molar-refractivity contribution in [2.75, 3.05) is 24.3 Å². The summed E-state index contributed by atoms with van der Waals surface area (Å²) in [7, 11) is 1.30. The third-order valence-corrected chi connectivity index (χ3v) is 5.08. The van der Waals surface area contributed by atoms with Crippen LogP contribution in [0, 0.1) is 0 Å². The van der Waals surface area contributed by atoms with Crippen LogP contribution in [-0.2, 0) is 11.2 Å². The van der Waals surface area contributed by atoms with Gasteiger partial charge in [0.2, 0.25) is 0 Å². The van der Waals surface area contributed by atoms with Crippen molar-refractivity contribution in [3.63, 3.8) is 0 Å². The lowest BCUT2D eigenvalue weighted by Crippen LogP contribution is -2.40. The minimum absolute atomic E-state index is 0.0522. The molecule has 6 nitrogen and oxygen atoms in total. The topological polar surface area (TPSA) is 70.7 Å². The van der Waals surface area contributed by atoms with Crippen LogP contribution in [0.5, 0.6) is 0 Å². The van der Waals surface area contributed by atoms with Crippen molar-refractivity contribution in [3.8, 4) is 0 Å². The van der Waals surface area contributed by atoms with Crippen molar-refractivity contribution < 1.29 is 14.3 Å². The Hall–Kier alpha value is -2.54. The number of fused-ring (bicyclic) bond motifs is 1. The van der Waals surface area contributed by atoms with Gasteiger partial charge in [-0.25, -0.2) is 9.59 Å². The van der Waals surface area contributed by atoms with Gasteiger partial charge in [-0.2, -0.15) is 0 Å². The van der Waals surface area contributed by atoms with Crippen molar-refractivity contribution in [2.45, 2.75) is 19.4 Å². The molecule has 24 heavy (non-hydrogen) atoms. The van der Waals surface area contributed by atoms with Gasteiger partial charge < -0.3 is 15.0 Å². The summed E-state index contributed by atoms with van der Waals surface area (Å²) in [6, 6.07) is 8.96. The van der Waals surface area contributed by atoms with Gasteiger partial charge in [-0.3, -0.25) is 5.32 Å². The fourth-order valence-corrected chi connectivity index (χ4v) is 3.79. The van der Waals surface area contributed by atoms with Crippen LogP contribution >= 0.6 is 11.3 Å². The van der Waals surface area contributed by atoms with Crippen molar-refractivity contribution in [1.29, 1.82) is 0 Å². The summed E-state index contributed by atoms with van der Waals surface area (Å²) in [6.45, 7) is 2.74. The lowest BCUT2D eigenvalue weighted by molar-refractivity contribution is 0.186. The maximum Gasteiger partial charge on any atom is 0.411 e. The molecule has 0 fully saturated rings. The van der Waals surface area contributed by atoms with Gasteiger partial charge in [-0.05, 0) is 48.6 Å². The van der Waals surface area contributed by atoms with Crippen LogP contribution in [0.3, 0.4) is 0 Å². The highest BCUT2D eigenvalue weighted by Gasteiger charge is 2.28. The molecular formula is C17H19N3O3S. The Morgan fingerprint density at radius 1 is 1.25 bits per heavy atom. The number of hydrogen-bond acceptors (Lipinski definition) is 4. The average molecular weight is 345 g/mol. The second-order valence-electron chi connectivity index (χ2n) is 5.55. The first kappa shape index (κ1) is 16.3. The number of hydrogen-bond donors (Lipinski definition) is 2. The zero-order chi connectivity index (χ0) is 17.1. The Kier molecular flexibility index (Phi) is 4.71. The fourth-order valence-electron chi connectivity index (χ4n) is 2.83. The van der Waals surface area contributed by atoms with E-state index in [-0.39, 0.29) is 12.1 Å². The van der Waals surface area contributed by atoms with E-state index in [4.69, 9.17) is 0 Å². The molecule has 3 rings (SSSR count). The molecule has 126 valence electrons. The predicted molar refractivity (Wildman–Crippen MR) is 94.6 cm³/mol. The van der Waals surface area contributed by atoms with Crippen molar-refractivity contribution in [3.05, 3.63) is 46.2 Å². The SMILES string of the molecule is COC(=O)Nc1cccc(NC(=O)N2CCc3sccc3C2C)c1. The number of amides is 3. The van der Waals surface area contributed by atoms with E-state index in [0.717, 1.165) is 6.42 Å². The largest absolute Gasteiger partial charge is 0.453 e. The number of carbonyl (C=O) groups is 2. The molecule has 1 aromatic carbocycles. The van der Waals surface area contributed by atoms with E-state index in [2.05, 4.69) is 26.8 Å². The van der Waals surface area contributed by atoms with E-state index in [0.29, 0.717) is 17.9 Å². The second kappa shape index (κ2) is 6.92. The second-order valence-corrected chi connectivity index (χ2v) is 6.55. The zero-order valence-electron chi connectivity index (χ0n) is 13.5. The Balaban J connectivity index is 1.69. The fraction of sp³-hybridized carbons (Fsp3) is 0.294. The lowest BCUT2D eigenvalue weighted by atomic mass is 10.0. The Morgan fingerprint density at radius 2 is 2.00 bits per heavy atom. The first-order valence-corrected chi connectivity index (χ1v) is 8.55. The molecule has 1 atom stereocenters. The number of nitrogens with zero attached hydrogens (tertiary/aromatic N) is 1. The van der Waals surface area contributed by atoms with Gasteiger partial charge in [0, 0.05) is 22.8 Å². The summed E-state index contributed by atoms with van der Waals surface area (Å²) in [4.78, 5) is 27.1. The molecule has 1 unspecified atom stereocenters. The molecule has 2 aromatic rings. The molecule has 1 aliphatic rings. The van der Waals surface area contributed by atoms with Crippen LogP contribution in [0.1, 0.15) is 23.4 Å². The van der Waals surface area contributed by atoms with Crippen LogP contribution in [0.15, 0.2) is 35.7 Å². The van der Waals surface area contributed by atoms with Crippen molar-refractivity contribution in [1.82, 2.24) is 4.90 Å². The molecule has 0 aliphatic carbocycles. The smallest absolute Gasteiger partial charge is 0.411 e. The molecule has 2 heterocycles. The summed E-state index contributed by atoms with van der Waals surface area (Å²) in [5, 5.41) is 7.55. The third kappa shape index (κ3) is 3.35. The highest BCUT2D eigenvalue weighted by molar-refractivity contribution is 7.10. The summed E-state index contributed by atoms with van der Waals surface area (Å²) in [6.07, 6.45) is 0.336. The summed E-state index contributed by atoms with van der Waals surface area (Å²) < 4.78 is 4.57. The van der Waals surface area contributed by atoms with Gasteiger partial charge in [0.1, 0.15) is 0 Å². The Labute approximate surface area is 144 Å². The number of ether oxygens (including phenoxy) is 1. The monoisotopic (exact) mass is 345 g/mol. The minimum Gasteiger partial charge on any atom is -0.453 e. The first-order valence-electron chi connectivity index (χ1n) is 7.67. The average Bonchev–Trinajstić information content (AvgIpc) is 3.05. The van der Waals surface area contributed by atoms with Crippen molar-refractivity contribution in [2.24, 2.45) is 0 Å². The highest BCUT2D eigenvalue weighted by atomic mass is 32.1. The van der Waals surface area contributed by atoms with E-state index in [1.165, 1.54) is 17.6 Å². The minimum atomic E-state index is -0.548. The van der Waals surface area contributed by atoms with Gasteiger partial charge in [-0.15, -0.1) is 11.3 Å². The maximum absolute atomic E-state index is 12.6. The Morgan fingerprint density at radius 3 is 2.75 bits per heavy atom. The number of thiophene rings is 1. The number of anilines is 2. The molecule has 0 radical (unpaired) electrons. The molecule has 1 aromatic heterocycles. The van der Waals surface area contributed by atoms with Gasteiger partial charge >= 0.3 is 12.1 Å². The molecule has 0 saturated carbocycles. The third-order valence-electron chi connectivity index (χ3n) is 4.08. The predicted octanol–water partition coefficient (Wildman–Crippen LogP) is 4.08. The van der Waals surface area contributed by atoms with E-state index in [9.17, 15) is 9.59 Å². The van der Waals surface area contributed by atoms with Crippen LogP contribution < -0.4 is 10.6 Å². The van der Waals surface area contributed by atoms with E-state index in [1.807, 2.05) is 11.8 Å². The van der Waals surface area contributed by atoms with Gasteiger partial charge in [-0.1, -0.05) is 6.07 Å². The molecule has 3 amide bonds. The number of methoxy groups -OCH3 is 1. The van der Waals surface area contributed by atoms with Gasteiger partial charge in [0.05, 0.1) is 13.2 Å². The van der Waals surface area contributed by atoms with E-state index >= 15 is 0 Å². The number of carbonyl (C=O) groups excluding carboxylic acids is 2. The number of benzene rings is 1. The molecular weight excluding hydrogens is 326 g/mol. The quantitative estimate of drug-likeness (QED) is 0.861. The molecule has 0 saturated heterocycles. The summed E-state index contributed by atoms with van der Waals surface area (Å²) in [5.41, 5.74) is 2.41. The number of urea groups is 1. The van der Waals surface area contributed by atoms with Crippen LogP contribution in [0.25, 0.3) is 0 Å². The van der Waals surface area contributed by atoms with Gasteiger partial charge in [0.15, 0.2) is 0 Å².